The van der Waals surface area contributed by atoms with Crippen LogP contribution in [0.25, 0.3) is 6.08 Å². The number of ether oxygens (including phenoxy) is 2. The molecule has 3 aromatic rings. The minimum absolute atomic E-state index is 0.197. The van der Waals surface area contributed by atoms with Crippen LogP contribution in [0, 0.1) is 0 Å². The van der Waals surface area contributed by atoms with Crippen molar-refractivity contribution in [1.82, 2.24) is 5.32 Å². The first-order valence-corrected chi connectivity index (χ1v) is 12.8. The molecule has 1 aliphatic heterocycles. The summed E-state index contributed by atoms with van der Waals surface area (Å²) >= 11 is 21.4. The summed E-state index contributed by atoms with van der Waals surface area (Å²) in [5.41, 5.74) is 1.30. The third-order valence-corrected chi connectivity index (χ3v) is 6.91. The van der Waals surface area contributed by atoms with Gasteiger partial charge in [0.05, 0.1) is 22.3 Å². The molecule has 1 saturated heterocycles. The highest BCUT2D eigenvalue weighted by molar-refractivity contribution is 9.10. The molecule has 0 atom stereocenters. The van der Waals surface area contributed by atoms with Crippen molar-refractivity contribution in [2.75, 3.05) is 11.5 Å². The number of carbonyl (C=O) groups excluding carboxylic acids is 3. The van der Waals surface area contributed by atoms with Gasteiger partial charge < -0.3 is 9.47 Å². The van der Waals surface area contributed by atoms with Gasteiger partial charge in [-0.15, -0.1) is 0 Å². The number of rotatable bonds is 7. The van der Waals surface area contributed by atoms with Crippen molar-refractivity contribution in [3.05, 3.63) is 90.8 Å². The zero-order valence-electron chi connectivity index (χ0n) is 19.2. The second-order valence-electron chi connectivity index (χ2n) is 7.72. The van der Waals surface area contributed by atoms with Gasteiger partial charge in [0.2, 0.25) is 0 Å². The van der Waals surface area contributed by atoms with Crippen LogP contribution in [0.5, 0.6) is 11.5 Å². The number of benzene rings is 3. The number of nitrogens with zero attached hydrogens (tertiary/aromatic N) is 1. The molecule has 11 heteroatoms. The average Bonchev–Trinajstić information content (AvgIpc) is 2.85. The maximum absolute atomic E-state index is 13.2. The predicted molar refractivity (Wildman–Crippen MR) is 147 cm³/mol. The Morgan fingerprint density at radius 1 is 0.919 bits per heavy atom. The highest BCUT2D eigenvalue weighted by atomic mass is 79.9. The second-order valence-corrected chi connectivity index (χ2v) is 9.83. The zero-order chi connectivity index (χ0) is 26.7. The van der Waals surface area contributed by atoms with E-state index >= 15 is 0 Å². The topological polar surface area (TPSA) is 84.9 Å². The Morgan fingerprint density at radius 3 is 2.30 bits per heavy atom. The van der Waals surface area contributed by atoms with Crippen LogP contribution in [-0.2, 0) is 16.2 Å². The molecule has 0 aliphatic carbocycles. The molecule has 3 aromatic carbocycles. The molecule has 0 unspecified atom stereocenters. The summed E-state index contributed by atoms with van der Waals surface area (Å²) in [6.45, 7) is 2.36. The summed E-state index contributed by atoms with van der Waals surface area (Å²) in [5, 5.41) is 3.49. The number of carbonyl (C=O) groups is 3. The lowest BCUT2D eigenvalue weighted by Gasteiger charge is -2.26. The van der Waals surface area contributed by atoms with E-state index in [-0.39, 0.29) is 17.9 Å². The molecule has 1 N–H and O–H groups in total. The highest BCUT2D eigenvalue weighted by Gasteiger charge is 2.37. The lowest BCUT2D eigenvalue weighted by Crippen LogP contribution is -2.54. The molecular weight excluding hydrogens is 607 g/mol. The fourth-order valence-electron chi connectivity index (χ4n) is 3.47. The van der Waals surface area contributed by atoms with Gasteiger partial charge in [0.25, 0.3) is 11.8 Å². The van der Waals surface area contributed by atoms with Crippen LogP contribution in [-0.4, -0.2) is 24.5 Å². The molecule has 1 heterocycles. The number of anilines is 1. The fourth-order valence-corrected chi connectivity index (χ4v) is 4.35. The summed E-state index contributed by atoms with van der Waals surface area (Å²) in [6.07, 6.45) is 1.38. The molecule has 4 amide bonds. The van der Waals surface area contributed by atoms with Gasteiger partial charge in [-0.3, -0.25) is 14.9 Å². The minimum Gasteiger partial charge on any atom is -0.490 e. The third kappa shape index (κ3) is 6.10. The van der Waals surface area contributed by atoms with Crippen LogP contribution in [0.1, 0.15) is 18.1 Å². The number of halogens is 4. The molecule has 4 rings (SSSR count). The van der Waals surface area contributed by atoms with E-state index in [1.165, 1.54) is 18.2 Å². The SMILES string of the molecule is CCOc1cc(/C=C2\C(=O)NC(=O)N(c3ccc(Cl)cc3)C2=O)c(Br)cc1OCc1ccc(Cl)c(Cl)c1. The molecular formula is C26H18BrCl3N2O5. The van der Waals surface area contributed by atoms with Crippen molar-refractivity contribution in [3.63, 3.8) is 0 Å². The molecule has 190 valence electrons. The van der Waals surface area contributed by atoms with Gasteiger partial charge in [0.15, 0.2) is 11.5 Å². The molecule has 0 saturated carbocycles. The summed E-state index contributed by atoms with van der Waals surface area (Å²) < 4.78 is 12.2. The number of imide groups is 2. The Hall–Kier alpha value is -3.04. The molecule has 7 nitrogen and oxygen atoms in total. The van der Waals surface area contributed by atoms with Gasteiger partial charge in [-0.25, -0.2) is 9.69 Å². The Morgan fingerprint density at radius 2 is 1.62 bits per heavy atom. The van der Waals surface area contributed by atoms with Crippen molar-refractivity contribution in [3.8, 4) is 11.5 Å². The van der Waals surface area contributed by atoms with E-state index in [9.17, 15) is 14.4 Å². The van der Waals surface area contributed by atoms with E-state index < -0.39 is 17.8 Å². The van der Waals surface area contributed by atoms with Gasteiger partial charge in [-0.2, -0.15) is 0 Å². The normalized spacial score (nSPS) is 14.7. The lowest BCUT2D eigenvalue weighted by molar-refractivity contribution is -0.122. The molecule has 1 aliphatic rings. The first-order chi connectivity index (χ1) is 17.7. The Bertz CT molecular complexity index is 1430. The van der Waals surface area contributed by atoms with E-state index in [1.54, 1.807) is 42.5 Å². The van der Waals surface area contributed by atoms with Crippen LogP contribution in [0.2, 0.25) is 15.1 Å². The fraction of sp³-hybridized carbons (Fsp3) is 0.115. The van der Waals surface area contributed by atoms with Gasteiger partial charge in [0, 0.05) is 9.50 Å². The molecule has 0 radical (unpaired) electrons. The highest BCUT2D eigenvalue weighted by Crippen LogP contribution is 2.36. The molecule has 0 spiro atoms. The van der Waals surface area contributed by atoms with Crippen LogP contribution >= 0.6 is 50.7 Å². The monoisotopic (exact) mass is 622 g/mol. The zero-order valence-corrected chi connectivity index (χ0v) is 23.0. The van der Waals surface area contributed by atoms with E-state index in [2.05, 4.69) is 21.2 Å². The predicted octanol–water partition coefficient (Wildman–Crippen LogP) is 7.05. The Balaban J connectivity index is 1.65. The number of amides is 4. The summed E-state index contributed by atoms with van der Waals surface area (Å²) in [5.74, 6) is -0.767. The van der Waals surface area contributed by atoms with Crippen LogP contribution < -0.4 is 19.7 Å². The second kappa shape index (κ2) is 11.6. The Kier molecular flexibility index (Phi) is 8.44. The minimum atomic E-state index is -0.852. The maximum Gasteiger partial charge on any atom is 0.335 e. The molecule has 0 aromatic heterocycles. The van der Waals surface area contributed by atoms with Crippen molar-refractivity contribution in [2.24, 2.45) is 0 Å². The third-order valence-electron chi connectivity index (χ3n) is 5.23. The molecule has 0 bridgehead atoms. The van der Waals surface area contributed by atoms with Crippen molar-refractivity contribution < 1.29 is 23.9 Å². The summed E-state index contributed by atoms with van der Waals surface area (Å²) in [7, 11) is 0. The quantitative estimate of drug-likeness (QED) is 0.225. The number of hydrogen-bond acceptors (Lipinski definition) is 5. The van der Waals surface area contributed by atoms with E-state index in [1.807, 2.05) is 6.92 Å². The van der Waals surface area contributed by atoms with Crippen LogP contribution in [0.15, 0.2) is 64.6 Å². The van der Waals surface area contributed by atoms with Crippen LogP contribution in [0.4, 0.5) is 10.5 Å². The van der Waals surface area contributed by atoms with E-state index in [4.69, 9.17) is 44.3 Å². The summed E-state index contributed by atoms with van der Waals surface area (Å²) in [4.78, 5) is 39.1. The lowest BCUT2D eigenvalue weighted by atomic mass is 10.1. The first-order valence-electron chi connectivity index (χ1n) is 10.9. The Labute approximate surface area is 236 Å². The van der Waals surface area contributed by atoms with E-state index in [0.717, 1.165) is 10.5 Å². The van der Waals surface area contributed by atoms with Gasteiger partial charge in [0.1, 0.15) is 12.2 Å². The van der Waals surface area contributed by atoms with E-state index in [0.29, 0.717) is 43.2 Å². The standard InChI is InChI=1S/C26H18BrCl3N2O5/c1-2-36-22-11-15(19(27)12-23(22)37-13-14-3-8-20(29)21(30)9-14)10-18-24(33)31-26(35)32(25(18)34)17-6-4-16(28)5-7-17/h3-12H,2,13H2,1H3,(H,31,33,35)/b18-10+. The maximum atomic E-state index is 13.2. The largest absolute Gasteiger partial charge is 0.490 e. The molecule has 37 heavy (non-hydrogen) atoms. The smallest absolute Gasteiger partial charge is 0.335 e. The van der Waals surface area contributed by atoms with Gasteiger partial charge in [-0.1, -0.05) is 56.8 Å². The van der Waals surface area contributed by atoms with Crippen molar-refractivity contribution in [2.45, 2.75) is 13.5 Å². The number of barbiturate groups is 1. The number of hydrogen-bond donors (Lipinski definition) is 1. The van der Waals surface area contributed by atoms with Gasteiger partial charge in [-0.05, 0) is 72.7 Å². The number of nitrogens with one attached hydrogen (secondary N) is 1. The number of urea groups is 1. The summed E-state index contributed by atoms with van der Waals surface area (Å²) in [6, 6.07) is 13.7. The molecule has 1 fully saturated rings. The van der Waals surface area contributed by atoms with Crippen LogP contribution in [0.3, 0.4) is 0 Å². The van der Waals surface area contributed by atoms with Crippen molar-refractivity contribution >= 4 is 80.3 Å². The van der Waals surface area contributed by atoms with Gasteiger partial charge >= 0.3 is 6.03 Å². The van der Waals surface area contributed by atoms with Crippen molar-refractivity contribution in [1.29, 1.82) is 0 Å². The average molecular weight is 625 g/mol. The first kappa shape index (κ1) is 27.0.